The molecule has 0 aromatic heterocycles. The van der Waals surface area contributed by atoms with Gasteiger partial charge in [0.1, 0.15) is 0 Å². The van der Waals surface area contributed by atoms with Crippen molar-refractivity contribution in [3.05, 3.63) is 58.6 Å². The van der Waals surface area contributed by atoms with Gasteiger partial charge in [-0.3, -0.25) is 9.03 Å². The fraction of sp³-hybridized carbons (Fsp3) is 0.333. The number of sulfonamides is 2. The topological polar surface area (TPSA) is 83.6 Å². The second-order valence-corrected chi connectivity index (χ2v) is 10.7. The van der Waals surface area contributed by atoms with Crippen LogP contribution in [0.25, 0.3) is 0 Å². The summed E-state index contributed by atoms with van der Waals surface area (Å²) >= 11 is 6.05. The van der Waals surface area contributed by atoms with Crippen molar-refractivity contribution in [2.45, 2.75) is 25.5 Å². The van der Waals surface area contributed by atoms with Crippen molar-refractivity contribution < 1.29 is 16.8 Å². The third-order valence-electron chi connectivity index (χ3n) is 4.43. The summed E-state index contributed by atoms with van der Waals surface area (Å²) in [6.45, 7) is 2.06. The van der Waals surface area contributed by atoms with E-state index < -0.39 is 20.0 Å². The van der Waals surface area contributed by atoms with Crippen molar-refractivity contribution in [1.29, 1.82) is 0 Å². The van der Waals surface area contributed by atoms with E-state index in [0.29, 0.717) is 41.3 Å². The van der Waals surface area contributed by atoms with E-state index in [1.165, 1.54) is 4.31 Å². The zero-order chi connectivity index (χ0) is 19.7. The molecule has 1 N–H and O–H groups in total. The summed E-state index contributed by atoms with van der Waals surface area (Å²) in [5.74, 6) is -0.210. The minimum absolute atomic E-state index is 0.0264. The summed E-state index contributed by atoms with van der Waals surface area (Å²) in [5, 5.41) is 0.397. The van der Waals surface area contributed by atoms with Gasteiger partial charge in [-0.05, 0) is 55.2 Å². The Kier molecular flexibility index (Phi) is 5.69. The molecule has 0 spiro atoms. The molecule has 0 radical (unpaired) electrons. The van der Waals surface area contributed by atoms with Gasteiger partial charge in [0, 0.05) is 17.3 Å². The number of fused-ring (bicyclic) bond motifs is 1. The lowest BCUT2D eigenvalue weighted by Gasteiger charge is -2.30. The van der Waals surface area contributed by atoms with Crippen molar-refractivity contribution in [3.8, 4) is 0 Å². The van der Waals surface area contributed by atoms with Crippen molar-refractivity contribution in [1.82, 2.24) is 0 Å². The minimum Gasteiger partial charge on any atom is -0.283 e. The molecule has 0 amide bonds. The molecular formula is C18H21ClN2O4S2. The van der Waals surface area contributed by atoms with Crippen LogP contribution in [-0.2, 0) is 32.2 Å². The number of aryl methyl sites for hydroxylation is 1. The van der Waals surface area contributed by atoms with Crippen LogP contribution in [0.3, 0.4) is 0 Å². The van der Waals surface area contributed by atoms with Gasteiger partial charge in [0.15, 0.2) is 0 Å². The highest BCUT2D eigenvalue weighted by atomic mass is 35.5. The van der Waals surface area contributed by atoms with Crippen molar-refractivity contribution in [3.63, 3.8) is 0 Å². The predicted molar refractivity (Wildman–Crippen MR) is 109 cm³/mol. The molecule has 0 aliphatic carbocycles. The molecular weight excluding hydrogens is 408 g/mol. The highest BCUT2D eigenvalue weighted by Crippen LogP contribution is 2.32. The normalized spacial score (nSPS) is 14.7. The lowest BCUT2D eigenvalue weighted by atomic mass is 10.0. The van der Waals surface area contributed by atoms with Gasteiger partial charge in [0.25, 0.3) is 0 Å². The molecule has 1 heterocycles. The number of benzene rings is 2. The molecule has 0 saturated heterocycles. The summed E-state index contributed by atoms with van der Waals surface area (Å²) in [6.07, 6.45) is 1.40. The van der Waals surface area contributed by atoms with E-state index in [2.05, 4.69) is 4.72 Å². The van der Waals surface area contributed by atoms with Crippen LogP contribution < -0.4 is 9.03 Å². The first-order chi connectivity index (χ1) is 12.7. The van der Waals surface area contributed by atoms with Crippen LogP contribution >= 0.6 is 11.6 Å². The molecule has 0 atom stereocenters. The molecule has 1 aliphatic rings. The molecule has 6 nitrogen and oxygen atoms in total. The van der Waals surface area contributed by atoms with Gasteiger partial charge in [0.05, 0.1) is 17.2 Å². The lowest BCUT2D eigenvalue weighted by molar-refractivity contribution is 0.587. The van der Waals surface area contributed by atoms with Crippen molar-refractivity contribution >= 4 is 43.0 Å². The van der Waals surface area contributed by atoms with E-state index in [1.807, 2.05) is 0 Å². The largest absolute Gasteiger partial charge is 0.283 e. The van der Waals surface area contributed by atoms with Crippen LogP contribution in [0.1, 0.15) is 24.5 Å². The van der Waals surface area contributed by atoms with Gasteiger partial charge in [0.2, 0.25) is 20.0 Å². The Hall–Kier alpha value is -1.77. The Morgan fingerprint density at radius 2 is 1.85 bits per heavy atom. The van der Waals surface area contributed by atoms with Gasteiger partial charge >= 0.3 is 0 Å². The molecule has 3 rings (SSSR count). The lowest BCUT2D eigenvalue weighted by Crippen LogP contribution is -2.36. The van der Waals surface area contributed by atoms with Crippen LogP contribution in [0.4, 0.5) is 11.4 Å². The summed E-state index contributed by atoms with van der Waals surface area (Å²) < 4.78 is 53.5. The fourth-order valence-electron chi connectivity index (χ4n) is 3.11. The molecule has 0 bridgehead atoms. The van der Waals surface area contributed by atoms with Crippen LogP contribution in [0.15, 0.2) is 42.5 Å². The highest BCUT2D eigenvalue weighted by molar-refractivity contribution is 7.92. The maximum absolute atomic E-state index is 12.5. The van der Waals surface area contributed by atoms with Crippen LogP contribution in [-0.4, -0.2) is 29.1 Å². The fourth-order valence-corrected chi connectivity index (χ4v) is 5.80. The Morgan fingerprint density at radius 1 is 1.11 bits per heavy atom. The highest BCUT2D eigenvalue weighted by Gasteiger charge is 2.26. The summed E-state index contributed by atoms with van der Waals surface area (Å²) in [4.78, 5) is 0. The molecule has 0 fully saturated rings. The zero-order valence-electron chi connectivity index (χ0n) is 14.9. The Balaban J connectivity index is 1.84. The molecule has 0 saturated carbocycles. The average Bonchev–Trinajstić information content (AvgIpc) is 2.62. The third-order valence-corrected chi connectivity index (χ3v) is 7.82. The van der Waals surface area contributed by atoms with E-state index in [1.54, 1.807) is 49.4 Å². The van der Waals surface area contributed by atoms with Gasteiger partial charge in [-0.2, -0.15) is 0 Å². The number of nitrogens with zero attached hydrogens (tertiary/aromatic N) is 1. The second kappa shape index (κ2) is 7.69. The van der Waals surface area contributed by atoms with E-state index in [4.69, 9.17) is 11.6 Å². The summed E-state index contributed by atoms with van der Waals surface area (Å²) in [7, 11) is -7.00. The summed E-state index contributed by atoms with van der Waals surface area (Å²) in [5.41, 5.74) is 2.37. The summed E-state index contributed by atoms with van der Waals surface area (Å²) in [6, 6.07) is 11.7. The maximum Gasteiger partial charge on any atom is 0.236 e. The van der Waals surface area contributed by atoms with Gasteiger partial charge in [-0.15, -0.1) is 0 Å². The van der Waals surface area contributed by atoms with Crippen LogP contribution in [0.5, 0.6) is 0 Å². The Bertz CT molecular complexity index is 1050. The third kappa shape index (κ3) is 4.56. The smallest absolute Gasteiger partial charge is 0.236 e. The number of nitrogens with one attached hydrogen (secondary N) is 1. The van der Waals surface area contributed by atoms with E-state index >= 15 is 0 Å². The van der Waals surface area contributed by atoms with Gasteiger partial charge in [-0.25, -0.2) is 16.8 Å². The van der Waals surface area contributed by atoms with Gasteiger partial charge in [-0.1, -0.05) is 29.8 Å². The monoisotopic (exact) mass is 428 g/mol. The number of anilines is 2. The first-order valence-corrected chi connectivity index (χ1v) is 12.2. The number of hydrogen-bond acceptors (Lipinski definition) is 4. The standard InChI is InChI=1S/C18H21ClN2O4S2/c1-2-27(24,25)21-11-5-7-14-12-16(9-10-18(14)21)20-26(22,23)13-15-6-3-4-8-17(15)19/h3-4,6,8-10,12,20H,2,5,7,11,13H2,1H3. The Labute approximate surface area is 165 Å². The molecule has 27 heavy (non-hydrogen) atoms. The molecule has 2 aromatic rings. The zero-order valence-corrected chi connectivity index (χ0v) is 17.2. The van der Waals surface area contributed by atoms with E-state index in [0.717, 1.165) is 5.56 Å². The molecule has 2 aromatic carbocycles. The minimum atomic E-state index is -3.65. The van der Waals surface area contributed by atoms with Gasteiger partial charge < -0.3 is 0 Å². The maximum atomic E-state index is 12.5. The first kappa shape index (κ1) is 20.0. The van der Waals surface area contributed by atoms with Crippen molar-refractivity contribution in [2.75, 3.05) is 21.3 Å². The molecule has 146 valence electrons. The number of rotatable bonds is 6. The second-order valence-electron chi connectivity index (χ2n) is 6.37. The number of halogens is 1. The van der Waals surface area contributed by atoms with E-state index in [-0.39, 0.29) is 11.5 Å². The number of hydrogen-bond donors (Lipinski definition) is 1. The first-order valence-electron chi connectivity index (χ1n) is 8.59. The molecule has 0 unspecified atom stereocenters. The predicted octanol–water partition coefficient (Wildman–Crippen LogP) is 3.38. The van der Waals surface area contributed by atoms with Crippen LogP contribution in [0, 0.1) is 0 Å². The molecule has 1 aliphatic heterocycles. The van der Waals surface area contributed by atoms with E-state index in [9.17, 15) is 16.8 Å². The average molecular weight is 429 g/mol. The van der Waals surface area contributed by atoms with Crippen LogP contribution in [0.2, 0.25) is 5.02 Å². The SMILES string of the molecule is CCS(=O)(=O)N1CCCc2cc(NS(=O)(=O)Cc3ccccc3Cl)ccc21. The van der Waals surface area contributed by atoms with Crippen molar-refractivity contribution in [2.24, 2.45) is 0 Å². The molecule has 9 heteroatoms. The Morgan fingerprint density at radius 3 is 2.56 bits per heavy atom. The quantitative estimate of drug-likeness (QED) is 0.764.